The van der Waals surface area contributed by atoms with E-state index in [1.165, 1.54) is 11.5 Å². The van der Waals surface area contributed by atoms with Crippen molar-refractivity contribution >= 4 is 23.3 Å². The summed E-state index contributed by atoms with van der Waals surface area (Å²) in [6.45, 7) is 3.66. The van der Waals surface area contributed by atoms with Crippen LogP contribution in [0.2, 0.25) is 0 Å². The van der Waals surface area contributed by atoms with Gasteiger partial charge in [0.2, 0.25) is 0 Å². The van der Waals surface area contributed by atoms with Crippen molar-refractivity contribution in [2.75, 3.05) is 25.0 Å². The van der Waals surface area contributed by atoms with E-state index < -0.39 is 0 Å². The SMILES string of the molecule is CCc1nnsc1C(=O)N1C[C@H]2CC[C@@H](N(C)c3cnccn3)[C@H]2C1. The van der Waals surface area contributed by atoms with Gasteiger partial charge in [-0.15, -0.1) is 5.10 Å². The number of amides is 1. The van der Waals surface area contributed by atoms with Gasteiger partial charge in [-0.25, -0.2) is 4.98 Å². The number of hydrogen-bond acceptors (Lipinski definition) is 7. The first kappa shape index (κ1) is 16.4. The molecule has 0 aromatic carbocycles. The highest BCUT2D eigenvalue weighted by Gasteiger charge is 2.46. The van der Waals surface area contributed by atoms with Gasteiger partial charge in [0.25, 0.3) is 5.91 Å². The molecule has 1 aliphatic carbocycles. The first-order valence-corrected chi connectivity index (χ1v) is 9.55. The van der Waals surface area contributed by atoms with Crippen LogP contribution in [-0.4, -0.2) is 56.5 Å². The van der Waals surface area contributed by atoms with Gasteiger partial charge in [0.05, 0.1) is 11.9 Å². The zero-order valence-electron chi connectivity index (χ0n) is 14.5. The number of anilines is 1. The van der Waals surface area contributed by atoms with Crippen LogP contribution in [0, 0.1) is 11.8 Å². The fourth-order valence-corrected chi connectivity index (χ4v) is 4.99. The van der Waals surface area contributed by atoms with Gasteiger partial charge in [0.1, 0.15) is 10.7 Å². The number of likely N-dealkylation sites (tertiary alicyclic amines) is 1. The molecule has 1 saturated carbocycles. The Morgan fingerprint density at radius 3 is 3.00 bits per heavy atom. The predicted molar refractivity (Wildman–Crippen MR) is 95.6 cm³/mol. The Bertz CT molecular complexity index is 751. The largest absolute Gasteiger partial charge is 0.355 e. The number of nitrogens with zero attached hydrogens (tertiary/aromatic N) is 6. The molecule has 7 nitrogen and oxygen atoms in total. The maximum Gasteiger partial charge on any atom is 0.267 e. The highest BCUT2D eigenvalue weighted by atomic mass is 32.1. The van der Waals surface area contributed by atoms with E-state index in [9.17, 15) is 4.79 Å². The van der Waals surface area contributed by atoms with Gasteiger partial charge in [0, 0.05) is 44.5 Å². The summed E-state index contributed by atoms with van der Waals surface area (Å²) in [5, 5.41) is 4.08. The van der Waals surface area contributed by atoms with Gasteiger partial charge in [-0.3, -0.25) is 9.78 Å². The smallest absolute Gasteiger partial charge is 0.267 e. The van der Waals surface area contributed by atoms with Gasteiger partial charge in [-0.2, -0.15) is 0 Å². The van der Waals surface area contributed by atoms with Gasteiger partial charge in [0.15, 0.2) is 0 Å². The van der Waals surface area contributed by atoms with Crippen LogP contribution in [0.4, 0.5) is 5.82 Å². The predicted octanol–water partition coefficient (Wildman–Crippen LogP) is 1.88. The molecular weight excluding hydrogens is 336 g/mol. The van der Waals surface area contributed by atoms with Crippen molar-refractivity contribution in [2.45, 2.75) is 32.2 Å². The van der Waals surface area contributed by atoms with Crippen molar-refractivity contribution < 1.29 is 4.79 Å². The number of carbonyl (C=O) groups is 1. The summed E-state index contributed by atoms with van der Waals surface area (Å²) in [6, 6.07) is 0.407. The van der Waals surface area contributed by atoms with E-state index in [0.717, 1.165) is 43.9 Å². The van der Waals surface area contributed by atoms with E-state index in [4.69, 9.17) is 0 Å². The minimum atomic E-state index is 0.0992. The Balaban J connectivity index is 1.49. The first-order chi connectivity index (χ1) is 12.2. The molecule has 0 radical (unpaired) electrons. The van der Waals surface area contributed by atoms with Crippen molar-refractivity contribution in [3.63, 3.8) is 0 Å². The maximum atomic E-state index is 12.9. The van der Waals surface area contributed by atoms with Crippen LogP contribution in [0.3, 0.4) is 0 Å². The lowest BCUT2D eigenvalue weighted by molar-refractivity contribution is 0.0783. The summed E-state index contributed by atoms with van der Waals surface area (Å²) in [6.07, 6.45) is 8.28. The maximum absolute atomic E-state index is 12.9. The second-order valence-electron chi connectivity index (χ2n) is 6.86. The number of hydrogen-bond donors (Lipinski definition) is 0. The third-order valence-electron chi connectivity index (χ3n) is 5.60. The monoisotopic (exact) mass is 358 g/mol. The highest BCUT2D eigenvalue weighted by molar-refractivity contribution is 7.08. The average Bonchev–Trinajstić information content (AvgIpc) is 3.36. The second-order valence-corrected chi connectivity index (χ2v) is 7.61. The van der Waals surface area contributed by atoms with Gasteiger partial charge >= 0.3 is 0 Å². The summed E-state index contributed by atoms with van der Waals surface area (Å²) in [4.78, 5) is 26.4. The topological polar surface area (TPSA) is 75.1 Å². The standard InChI is InChI=1S/C17H22N6OS/c1-3-13-16(25-21-20-13)17(24)23-9-11-4-5-14(12(11)10-23)22(2)15-8-18-6-7-19-15/h6-8,11-12,14H,3-5,9-10H2,1-2H3/t11-,12+,14-/m1/s1. The molecule has 0 spiro atoms. The van der Waals surface area contributed by atoms with E-state index in [1.54, 1.807) is 12.4 Å². The Labute approximate surface area is 151 Å². The van der Waals surface area contributed by atoms with E-state index in [0.29, 0.717) is 22.8 Å². The van der Waals surface area contributed by atoms with Crippen LogP contribution in [0.25, 0.3) is 0 Å². The molecule has 2 fully saturated rings. The second kappa shape index (κ2) is 6.67. The van der Waals surface area contributed by atoms with Gasteiger partial charge in [-0.05, 0) is 36.7 Å². The summed E-state index contributed by atoms with van der Waals surface area (Å²) < 4.78 is 3.96. The summed E-state index contributed by atoms with van der Waals surface area (Å²) in [5.41, 5.74) is 0.820. The Morgan fingerprint density at radius 1 is 1.36 bits per heavy atom. The molecule has 4 rings (SSSR count). The number of aromatic nitrogens is 4. The number of aryl methyl sites for hydroxylation is 1. The lowest BCUT2D eigenvalue weighted by atomic mass is 9.97. The molecule has 1 amide bonds. The van der Waals surface area contributed by atoms with Crippen LogP contribution >= 0.6 is 11.5 Å². The molecule has 3 heterocycles. The molecule has 2 aromatic rings. The molecule has 132 valence electrons. The van der Waals surface area contributed by atoms with Crippen molar-refractivity contribution in [2.24, 2.45) is 11.8 Å². The summed E-state index contributed by atoms with van der Waals surface area (Å²) >= 11 is 1.22. The first-order valence-electron chi connectivity index (χ1n) is 8.78. The van der Waals surface area contributed by atoms with Gasteiger partial charge < -0.3 is 9.80 Å². The summed E-state index contributed by atoms with van der Waals surface area (Å²) in [5.74, 6) is 2.06. The Hall–Kier alpha value is -2.09. The minimum absolute atomic E-state index is 0.0992. The lowest BCUT2D eigenvalue weighted by Crippen LogP contribution is -2.39. The molecule has 0 N–H and O–H groups in total. The molecule has 2 aromatic heterocycles. The van der Waals surface area contributed by atoms with Crippen molar-refractivity contribution in [3.8, 4) is 0 Å². The molecule has 8 heteroatoms. The van der Waals surface area contributed by atoms with Crippen LogP contribution in [0.15, 0.2) is 18.6 Å². The molecule has 1 saturated heterocycles. The Morgan fingerprint density at radius 2 is 2.24 bits per heavy atom. The third kappa shape index (κ3) is 2.88. The Kier molecular flexibility index (Phi) is 4.37. The molecule has 1 aliphatic heterocycles. The quantitative estimate of drug-likeness (QED) is 0.831. The van der Waals surface area contributed by atoms with E-state index in [2.05, 4.69) is 31.5 Å². The van der Waals surface area contributed by atoms with Crippen molar-refractivity contribution in [1.29, 1.82) is 0 Å². The van der Waals surface area contributed by atoms with Crippen LogP contribution in [0.5, 0.6) is 0 Å². The summed E-state index contributed by atoms with van der Waals surface area (Å²) in [7, 11) is 2.09. The molecule has 0 bridgehead atoms. The molecule has 0 unspecified atom stereocenters. The van der Waals surface area contributed by atoms with Crippen molar-refractivity contribution in [1.82, 2.24) is 24.5 Å². The van der Waals surface area contributed by atoms with Crippen LogP contribution in [0.1, 0.15) is 35.1 Å². The van der Waals surface area contributed by atoms with Gasteiger partial charge in [-0.1, -0.05) is 11.4 Å². The normalized spacial score (nSPS) is 25.2. The van der Waals surface area contributed by atoms with E-state index in [-0.39, 0.29) is 5.91 Å². The zero-order valence-corrected chi connectivity index (χ0v) is 15.3. The fraction of sp³-hybridized carbons (Fsp3) is 0.588. The third-order valence-corrected chi connectivity index (χ3v) is 6.36. The molecular formula is C17H22N6OS. The zero-order chi connectivity index (χ0) is 17.4. The molecule has 3 atom stereocenters. The highest BCUT2D eigenvalue weighted by Crippen LogP contribution is 2.41. The van der Waals surface area contributed by atoms with Crippen molar-refractivity contribution in [3.05, 3.63) is 29.2 Å². The fourth-order valence-electron chi connectivity index (χ4n) is 4.27. The number of carbonyl (C=O) groups excluding carboxylic acids is 1. The molecule has 2 aliphatic rings. The lowest BCUT2D eigenvalue weighted by Gasteiger charge is -2.30. The van der Waals surface area contributed by atoms with Crippen LogP contribution < -0.4 is 4.90 Å². The minimum Gasteiger partial charge on any atom is -0.355 e. The number of fused-ring (bicyclic) bond motifs is 1. The van der Waals surface area contributed by atoms with E-state index in [1.807, 2.05) is 18.0 Å². The average molecular weight is 358 g/mol. The van der Waals surface area contributed by atoms with Crippen LogP contribution in [-0.2, 0) is 6.42 Å². The number of rotatable bonds is 4. The molecule has 25 heavy (non-hydrogen) atoms. The van der Waals surface area contributed by atoms with E-state index >= 15 is 0 Å².